The Kier molecular flexibility index (Phi) is 5.81. The quantitative estimate of drug-likeness (QED) is 0.393. The number of aryl methyl sites for hydroxylation is 1. The Bertz CT molecular complexity index is 1150. The highest BCUT2D eigenvalue weighted by atomic mass is 32.2. The van der Waals surface area contributed by atoms with Gasteiger partial charge in [0.1, 0.15) is 0 Å². The highest BCUT2D eigenvalue weighted by Crippen LogP contribution is 2.34. The molecule has 0 aromatic heterocycles. The Balaban J connectivity index is 1.62. The van der Waals surface area contributed by atoms with Crippen LogP contribution in [-0.4, -0.2) is 33.6 Å². The fourth-order valence-electron chi connectivity index (χ4n) is 3.46. The van der Waals surface area contributed by atoms with E-state index >= 15 is 0 Å². The van der Waals surface area contributed by atoms with E-state index in [0.717, 1.165) is 22.0 Å². The zero-order valence-electron chi connectivity index (χ0n) is 16.7. The van der Waals surface area contributed by atoms with Crippen LogP contribution in [0.4, 0.5) is 5.69 Å². The number of hydrogen-bond acceptors (Lipinski definition) is 4. The van der Waals surface area contributed by atoms with Crippen LogP contribution in [0.1, 0.15) is 22.3 Å². The lowest BCUT2D eigenvalue weighted by Crippen LogP contribution is -2.32. The van der Waals surface area contributed by atoms with Crippen LogP contribution < -0.4 is 0 Å². The fourth-order valence-corrected chi connectivity index (χ4v) is 4.62. The maximum Gasteiger partial charge on any atom is 0.242 e. The van der Waals surface area contributed by atoms with Gasteiger partial charge in [0.05, 0.1) is 10.9 Å². The van der Waals surface area contributed by atoms with E-state index in [2.05, 4.69) is 6.58 Å². The van der Waals surface area contributed by atoms with Crippen molar-refractivity contribution in [2.75, 3.05) is 6.54 Å². The largest absolute Gasteiger partial charge is 0.294 e. The molecule has 0 aliphatic carbocycles. The number of aliphatic imine (C=N–C) groups is 1. The first-order valence-corrected chi connectivity index (χ1v) is 10.7. The molecule has 3 aromatic rings. The summed E-state index contributed by atoms with van der Waals surface area (Å²) in [4.78, 5) is 32.1. The number of hydrogen-bond donors (Lipinski definition) is 0. The SMILES string of the molecule is C=CCN1C(=O)C(CC(=O)c2ccc(C)cc2)SC1=Nc1cccc2ccccc12. The number of rotatable bonds is 6. The summed E-state index contributed by atoms with van der Waals surface area (Å²) in [6.07, 6.45) is 1.83. The summed E-state index contributed by atoms with van der Waals surface area (Å²) in [5.41, 5.74) is 2.53. The summed E-state index contributed by atoms with van der Waals surface area (Å²) >= 11 is 1.35. The van der Waals surface area contributed by atoms with Gasteiger partial charge in [0.25, 0.3) is 0 Å². The van der Waals surface area contributed by atoms with Crippen LogP contribution in [0, 0.1) is 6.92 Å². The third kappa shape index (κ3) is 4.07. The molecule has 1 saturated heterocycles. The Labute approximate surface area is 180 Å². The molecular weight excluding hydrogens is 392 g/mol. The van der Waals surface area contributed by atoms with E-state index in [4.69, 9.17) is 4.99 Å². The number of nitrogens with zero attached hydrogens (tertiary/aromatic N) is 2. The van der Waals surface area contributed by atoms with Crippen LogP contribution >= 0.6 is 11.8 Å². The number of thioether (sulfide) groups is 1. The monoisotopic (exact) mass is 414 g/mol. The molecular formula is C25H22N2O2S. The lowest BCUT2D eigenvalue weighted by molar-refractivity contribution is -0.125. The molecule has 1 unspecified atom stereocenters. The van der Waals surface area contributed by atoms with Gasteiger partial charge in [0.2, 0.25) is 5.91 Å². The number of carbonyl (C=O) groups excluding carboxylic acids is 2. The van der Waals surface area contributed by atoms with Gasteiger partial charge in [0.15, 0.2) is 11.0 Å². The molecule has 1 fully saturated rings. The van der Waals surface area contributed by atoms with E-state index < -0.39 is 5.25 Å². The number of benzene rings is 3. The third-order valence-corrected chi connectivity index (χ3v) is 6.23. The zero-order valence-corrected chi connectivity index (χ0v) is 17.6. The summed E-state index contributed by atoms with van der Waals surface area (Å²) in [5.74, 6) is -0.134. The van der Waals surface area contributed by atoms with Gasteiger partial charge in [0, 0.05) is 23.9 Å². The highest BCUT2D eigenvalue weighted by molar-refractivity contribution is 8.15. The van der Waals surface area contributed by atoms with Gasteiger partial charge >= 0.3 is 0 Å². The number of fused-ring (bicyclic) bond motifs is 1. The lowest BCUT2D eigenvalue weighted by Gasteiger charge is -2.14. The van der Waals surface area contributed by atoms with Crippen molar-refractivity contribution in [3.63, 3.8) is 0 Å². The van der Waals surface area contributed by atoms with Gasteiger partial charge in [-0.2, -0.15) is 0 Å². The number of Topliss-reactive ketones (excluding diaryl/α,β-unsaturated/α-hetero) is 1. The topological polar surface area (TPSA) is 49.7 Å². The Hall–Kier alpha value is -3.18. The van der Waals surface area contributed by atoms with Gasteiger partial charge in [-0.15, -0.1) is 6.58 Å². The fraction of sp³-hybridized carbons (Fsp3) is 0.160. The predicted molar refractivity (Wildman–Crippen MR) is 124 cm³/mol. The van der Waals surface area contributed by atoms with Crippen LogP contribution in [-0.2, 0) is 4.79 Å². The predicted octanol–water partition coefficient (Wildman–Crippen LogP) is 5.54. The van der Waals surface area contributed by atoms with E-state index in [9.17, 15) is 9.59 Å². The molecule has 1 aliphatic heterocycles. The molecule has 1 amide bonds. The second-order valence-corrected chi connectivity index (χ2v) is 8.40. The van der Waals surface area contributed by atoms with Crippen molar-refractivity contribution in [3.05, 3.63) is 90.5 Å². The minimum Gasteiger partial charge on any atom is -0.294 e. The van der Waals surface area contributed by atoms with E-state index in [1.54, 1.807) is 11.0 Å². The smallest absolute Gasteiger partial charge is 0.242 e. The number of ketones is 1. The summed E-state index contributed by atoms with van der Waals surface area (Å²) in [7, 11) is 0. The summed E-state index contributed by atoms with van der Waals surface area (Å²) in [6, 6.07) is 21.4. The van der Waals surface area contributed by atoms with Crippen molar-refractivity contribution >= 4 is 45.1 Å². The molecule has 5 heteroatoms. The van der Waals surface area contributed by atoms with Gasteiger partial charge in [-0.3, -0.25) is 14.5 Å². The van der Waals surface area contributed by atoms with E-state index in [1.807, 2.05) is 73.7 Å². The normalized spacial score (nSPS) is 17.6. The van der Waals surface area contributed by atoms with Crippen LogP contribution in [0.3, 0.4) is 0 Å². The van der Waals surface area contributed by atoms with Crippen molar-refractivity contribution < 1.29 is 9.59 Å². The summed E-state index contributed by atoms with van der Waals surface area (Å²) < 4.78 is 0. The van der Waals surface area contributed by atoms with Gasteiger partial charge in [-0.1, -0.05) is 84.1 Å². The first-order chi connectivity index (χ1) is 14.6. The molecule has 0 saturated carbocycles. The van der Waals surface area contributed by atoms with Gasteiger partial charge in [-0.05, 0) is 18.4 Å². The molecule has 1 heterocycles. The molecule has 150 valence electrons. The second-order valence-electron chi connectivity index (χ2n) is 7.23. The number of amidine groups is 1. The van der Waals surface area contributed by atoms with Crippen molar-refractivity contribution in [1.82, 2.24) is 4.90 Å². The van der Waals surface area contributed by atoms with Gasteiger partial charge < -0.3 is 0 Å². The van der Waals surface area contributed by atoms with Crippen molar-refractivity contribution in [2.45, 2.75) is 18.6 Å². The summed E-state index contributed by atoms with van der Waals surface area (Å²) in [6.45, 7) is 6.11. The standard InChI is InChI=1S/C25H22N2O2S/c1-3-15-27-24(29)23(16-22(28)19-13-11-17(2)12-14-19)30-25(27)26-21-10-6-8-18-7-4-5-9-20(18)21/h3-14,23H,1,15-16H2,2H3. The average molecular weight is 415 g/mol. The minimum atomic E-state index is -0.479. The average Bonchev–Trinajstić information content (AvgIpc) is 3.03. The van der Waals surface area contributed by atoms with Crippen molar-refractivity contribution in [2.24, 2.45) is 4.99 Å². The third-order valence-electron chi connectivity index (χ3n) is 5.06. The summed E-state index contributed by atoms with van der Waals surface area (Å²) in [5, 5.41) is 2.25. The molecule has 1 aliphatic rings. The number of amides is 1. The van der Waals surface area contributed by atoms with Crippen molar-refractivity contribution in [3.8, 4) is 0 Å². The molecule has 3 aromatic carbocycles. The molecule has 30 heavy (non-hydrogen) atoms. The van der Waals surface area contributed by atoms with Crippen LogP contribution in [0.25, 0.3) is 10.8 Å². The number of carbonyl (C=O) groups is 2. The Morgan fingerprint density at radius 3 is 2.60 bits per heavy atom. The molecule has 0 spiro atoms. The van der Waals surface area contributed by atoms with E-state index in [-0.39, 0.29) is 18.1 Å². The lowest BCUT2D eigenvalue weighted by atomic mass is 10.0. The minimum absolute atomic E-state index is 0.0363. The zero-order chi connectivity index (χ0) is 21.1. The highest BCUT2D eigenvalue weighted by Gasteiger charge is 2.38. The maximum atomic E-state index is 13.0. The molecule has 0 N–H and O–H groups in total. The second kappa shape index (κ2) is 8.67. The first kappa shape index (κ1) is 20.1. The van der Waals surface area contributed by atoms with Gasteiger partial charge in [-0.25, -0.2) is 4.99 Å². The van der Waals surface area contributed by atoms with Crippen LogP contribution in [0.5, 0.6) is 0 Å². The van der Waals surface area contributed by atoms with Crippen molar-refractivity contribution in [1.29, 1.82) is 0 Å². The van der Waals surface area contributed by atoms with E-state index in [1.165, 1.54) is 11.8 Å². The maximum absolute atomic E-state index is 13.0. The Morgan fingerprint density at radius 1 is 1.10 bits per heavy atom. The van der Waals surface area contributed by atoms with E-state index in [0.29, 0.717) is 17.3 Å². The molecule has 4 nitrogen and oxygen atoms in total. The molecule has 1 atom stereocenters. The molecule has 4 rings (SSSR count). The van der Waals surface area contributed by atoms with Crippen LogP contribution in [0.2, 0.25) is 0 Å². The first-order valence-electron chi connectivity index (χ1n) is 9.82. The van der Waals surface area contributed by atoms with Crippen LogP contribution in [0.15, 0.2) is 84.4 Å². The molecule has 0 radical (unpaired) electrons. The Morgan fingerprint density at radius 2 is 1.83 bits per heavy atom. The molecule has 0 bridgehead atoms.